The summed E-state index contributed by atoms with van der Waals surface area (Å²) in [5, 5.41) is 3.40. The van der Waals surface area contributed by atoms with E-state index in [9.17, 15) is 14.4 Å². The van der Waals surface area contributed by atoms with Gasteiger partial charge in [-0.3, -0.25) is 9.59 Å². The molecule has 0 aliphatic carbocycles. The van der Waals surface area contributed by atoms with Crippen molar-refractivity contribution >= 4 is 34.4 Å². The van der Waals surface area contributed by atoms with Crippen LogP contribution in [0, 0.1) is 6.92 Å². The highest BCUT2D eigenvalue weighted by molar-refractivity contribution is 6.06. The lowest BCUT2D eigenvalue weighted by atomic mass is 10.1. The number of fused-ring (bicyclic) bond motifs is 1. The van der Waals surface area contributed by atoms with Gasteiger partial charge >= 0.3 is 5.97 Å². The first-order chi connectivity index (χ1) is 13.4. The van der Waals surface area contributed by atoms with Crippen molar-refractivity contribution < 1.29 is 19.1 Å². The fourth-order valence-corrected chi connectivity index (χ4v) is 2.89. The number of esters is 1. The van der Waals surface area contributed by atoms with E-state index in [1.54, 1.807) is 45.3 Å². The summed E-state index contributed by atoms with van der Waals surface area (Å²) in [5.74, 6) is -1.14. The number of amides is 2. The molecule has 0 spiro atoms. The number of nitrogens with zero attached hydrogens (tertiary/aromatic N) is 1. The molecule has 7 heteroatoms. The first-order valence-corrected chi connectivity index (χ1v) is 8.73. The van der Waals surface area contributed by atoms with E-state index in [2.05, 4.69) is 10.3 Å². The number of hydrogen-bond acceptors (Lipinski definition) is 4. The number of H-pyrrole nitrogens is 1. The highest BCUT2D eigenvalue weighted by Crippen LogP contribution is 2.22. The molecule has 2 N–H and O–H groups in total. The van der Waals surface area contributed by atoms with E-state index in [0.29, 0.717) is 22.5 Å². The van der Waals surface area contributed by atoms with Crippen molar-refractivity contribution in [3.63, 3.8) is 0 Å². The fourth-order valence-electron chi connectivity index (χ4n) is 2.89. The van der Waals surface area contributed by atoms with Gasteiger partial charge in [0.2, 0.25) is 0 Å². The van der Waals surface area contributed by atoms with Gasteiger partial charge in [-0.15, -0.1) is 0 Å². The van der Waals surface area contributed by atoms with Crippen molar-refractivity contribution in [3.05, 3.63) is 65.4 Å². The predicted molar refractivity (Wildman–Crippen MR) is 106 cm³/mol. The largest absolute Gasteiger partial charge is 0.452 e. The molecule has 0 aliphatic heterocycles. The Labute approximate surface area is 162 Å². The van der Waals surface area contributed by atoms with Crippen LogP contribution in [0.5, 0.6) is 0 Å². The molecule has 0 saturated heterocycles. The van der Waals surface area contributed by atoms with E-state index < -0.39 is 18.5 Å². The van der Waals surface area contributed by atoms with Crippen LogP contribution in [0.3, 0.4) is 0 Å². The Kier molecular flexibility index (Phi) is 5.44. The van der Waals surface area contributed by atoms with Crippen LogP contribution >= 0.6 is 0 Å². The van der Waals surface area contributed by atoms with Crippen molar-refractivity contribution in [3.8, 4) is 0 Å². The molecule has 0 atom stereocenters. The lowest BCUT2D eigenvalue weighted by molar-refractivity contribution is -0.119. The van der Waals surface area contributed by atoms with Crippen LogP contribution in [0.1, 0.15) is 26.4 Å². The zero-order chi connectivity index (χ0) is 20.3. The molecule has 3 rings (SSSR count). The van der Waals surface area contributed by atoms with Gasteiger partial charge in [-0.2, -0.15) is 0 Å². The third-order valence-corrected chi connectivity index (χ3v) is 4.25. The number of carbonyl (C=O) groups excluding carboxylic acids is 3. The summed E-state index contributed by atoms with van der Waals surface area (Å²) in [6.45, 7) is 1.38. The maximum absolute atomic E-state index is 12.4. The van der Waals surface area contributed by atoms with Gasteiger partial charge in [0.05, 0.1) is 5.56 Å². The molecule has 0 aliphatic rings. The number of nitrogens with one attached hydrogen (secondary N) is 2. The first-order valence-electron chi connectivity index (χ1n) is 8.73. The minimum Gasteiger partial charge on any atom is -0.452 e. The van der Waals surface area contributed by atoms with E-state index in [-0.39, 0.29) is 5.91 Å². The Morgan fingerprint density at radius 1 is 1.04 bits per heavy atom. The average molecular weight is 379 g/mol. The van der Waals surface area contributed by atoms with Crippen LogP contribution in [-0.2, 0) is 9.53 Å². The van der Waals surface area contributed by atoms with Crippen LogP contribution in [0.2, 0.25) is 0 Å². The second-order valence-electron chi connectivity index (χ2n) is 6.57. The summed E-state index contributed by atoms with van der Waals surface area (Å²) < 4.78 is 5.17. The van der Waals surface area contributed by atoms with E-state index in [0.717, 1.165) is 10.9 Å². The molecule has 2 aromatic carbocycles. The third-order valence-electron chi connectivity index (χ3n) is 4.25. The van der Waals surface area contributed by atoms with Crippen molar-refractivity contribution in [2.24, 2.45) is 0 Å². The van der Waals surface area contributed by atoms with Gasteiger partial charge in [0, 0.05) is 41.9 Å². The minimum atomic E-state index is -0.558. The Bertz CT molecular complexity index is 1040. The summed E-state index contributed by atoms with van der Waals surface area (Å²) in [6, 6.07) is 13.9. The highest BCUT2D eigenvalue weighted by Gasteiger charge is 2.18. The van der Waals surface area contributed by atoms with Crippen molar-refractivity contribution in [1.82, 2.24) is 9.88 Å². The zero-order valence-electron chi connectivity index (χ0n) is 15.9. The molecule has 28 heavy (non-hydrogen) atoms. The zero-order valence-corrected chi connectivity index (χ0v) is 15.9. The number of ether oxygens (including phenoxy) is 1. The summed E-state index contributed by atoms with van der Waals surface area (Å²) in [5.41, 5.74) is 2.98. The molecule has 3 aromatic rings. The van der Waals surface area contributed by atoms with E-state index >= 15 is 0 Å². The van der Waals surface area contributed by atoms with Crippen LogP contribution in [-0.4, -0.2) is 48.4 Å². The van der Waals surface area contributed by atoms with Crippen LogP contribution in [0.15, 0.2) is 48.5 Å². The molecule has 1 aromatic heterocycles. The Hall–Kier alpha value is -3.61. The molecule has 0 saturated carbocycles. The van der Waals surface area contributed by atoms with E-state index in [1.165, 1.54) is 4.90 Å². The maximum Gasteiger partial charge on any atom is 0.341 e. The molecule has 0 radical (unpaired) electrons. The van der Waals surface area contributed by atoms with Gasteiger partial charge in [0.1, 0.15) is 0 Å². The van der Waals surface area contributed by atoms with Gasteiger partial charge in [0.25, 0.3) is 11.8 Å². The second-order valence-corrected chi connectivity index (χ2v) is 6.57. The number of aryl methyl sites for hydroxylation is 1. The number of para-hydroxylation sites is 1. The predicted octanol–water partition coefficient (Wildman–Crippen LogP) is 2.97. The number of hydrogen-bond donors (Lipinski definition) is 2. The fraction of sp³-hybridized carbons (Fsp3) is 0.190. The lowest BCUT2D eigenvalue weighted by Gasteiger charge is -2.11. The topological polar surface area (TPSA) is 91.5 Å². The average Bonchev–Trinajstić information content (AvgIpc) is 3.02. The number of aromatic amines is 1. The van der Waals surface area contributed by atoms with Gasteiger partial charge in [-0.05, 0) is 37.3 Å². The number of anilines is 1. The Morgan fingerprint density at radius 3 is 2.39 bits per heavy atom. The van der Waals surface area contributed by atoms with Crippen molar-refractivity contribution in [1.29, 1.82) is 0 Å². The van der Waals surface area contributed by atoms with Gasteiger partial charge in [-0.25, -0.2) is 4.79 Å². The highest BCUT2D eigenvalue weighted by atomic mass is 16.5. The molecule has 0 bridgehead atoms. The molecule has 144 valence electrons. The normalized spacial score (nSPS) is 10.5. The Balaban J connectivity index is 1.60. The number of carbonyl (C=O) groups is 3. The number of aromatic nitrogens is 1. The van der Waals surface area contributed by atoms with Gasteiger partial charge in [0.15, 0.2) is 6.61 Å². The Morgan fingerprint density at radius 2 is 1.71 bits per heavy atom. The van der Waals surface area contributed by atoms with Gasteiger partial charge in [-0.1, -0.05) is 18.2 Å². The molecule has 1 heterocycles. The van der Waals surface area contributed by atoms with E-state index in [1.807, 2.05) is 24.3 Å². The third kappa shape index (κ3) is 4.03. The van der Waals surface area contributed by atoms with Crippen LogP contribution < -0.4 is 5.32 Å². The first kappa shape index (κ1) is 19.2. The lowest BCUT2D eigenvalue weighted by Crippen LogP contribution is -2.22. The minimum absolute atomic E-state index is 0.124. The summed E-state index contributed by atoms with van der Waals surface area (Å²) in [6.07, 6.45) is 0. The molecular weight excluding hydrogens is 358 g/mol. The standard InChI is InChI=1S/C21H21N3O4/c1-13-19(16-6-4-5-7-17(16)22-13)21(27)28-12-18(25)23-15-10-8-14(9-11-15)20(26)24(2)3/h4-11,22H,12H2,1-3H3,(H,23,25). The van der Waals surface area contributed by atoms with Gasteiger partial charge < -0.3 is 19.9 Å². The van der Waals surface area contributed by atoms with Crippen molar-refractivity contribution in [2.45, 2.75) is 6.92 Å². The molecule has 0 unspecified atom stereocenters. The van der Waals surface area contributed by atoms with E-state index in [4.69, 9.17) is 4.74 Å². The maximum atomic E-state index is 12.4. The van der Waals surface area contributed by atoms with Crippen LogP contribution in [0.25, 0.3) is 10.9 Å². The quantitative estimate of drug-likeness (QED) is 0.667. The smallest absolute Gasteiger partial charge is 0.341 e. The van der Waals surface area contributed by atoms with Crippen molar-refractivity contribution in [2.75, 3.05) is 26.0 Å². The number of benzene rings is 2. The molecule has 7 nitrogen and oxygen atoms in total. The monoisotopic (exact) mass is 379 g/mol. The van der Waals surface area contributed by atoms with Crippen LogP contribution in [0.4, 0.5) is 5.69 Å². The SMILES string of the molecule is Cc1[nH]c2ccccc2c1C(=O)OCC(=O)Nc1ccc(C(=O)N(C)C)cc1. The second kappa shape index (κ2) is 7.96. The summed E-state index contributed by atoms with van der Waals surface area (Å²) in [7, 11) is 3.34. The molecule has 0 fully saturated rings. The molecule has 2 amide bonds. The number of rotatable bonds is 5. The summed E-state index contributed by atoms with van der Waals surface area (Å²) in [4.78, 5) is 41.0. The summed E-state index contributed by atoms with van der Waals surface area (Å²) >= 11 is 0. The molecular formula is C21H21N3O4.